The summed E-state index contributed by atoms with van der Waals surface area (Å²) in [4.78, 5) is 5.82. The van der Waals surface area contributed by atoms with Crippen molar-refractivity contribution in [1.29, 1.82) is 0 Å². The molecule has 0 aliphatic carbocycles. The van der Waals surface area contributed by atoms with E-state index in [4.69, 9.17) is 9.46 Å². The van der Waals surface area contributed by atoms with Crippen LogP contribution in [0.4, 0.5) is 0 Å². The minimum atomic E-state index is -1.68. The van der Waals surface area contributed by atoms with Crippen LogP contribution in [-0.2, 0) is 15.1 Å². The zero-order chi connectivity index (χ0) is 13.6. The van der Waals surface area contributed by atoms with E-state index in [0.717, 1.165) is 23.7 Å². The van der Waals surface area contributed by atoms with Gasteiger partial charge in [0.05, 0.1) is 0 Å². The van der Waals surface area contributed by atoms with Gasteiger partial charge in [-0.1, -0.05) is 51.1 Å². The first kappa shape index (κ1) is 15.4. The molecule has 0 radical (unpaired) electrons. The second-order valence-electron chi connectivity index (χ2n) is 5.29. The fraction of sp³-hybridized carbons (Fsp3) is 0.600. The topological polar surface area (TPSA) is 18.5 Å². The Labute approximate surface area is 112 Å². The molecule has 0 aromatic heterocycles. The van der Waals surface area contributed by atoms with Gasteiger partial charge in [0.1, 0.15) is 5.60 Å². The van der Waals surface area contributed by atoms with E-state index in [0.29, 0.717) is 0 Å². The Morgan fingerprint density at radius 3 is 1.89 bits per heavy atom. The van der Waals surface area contributed by atoms with Crippen molar-refractivity contribution in [3.8, 4) is 0 Å². The number of benzene rings is 1. The van der Waals surface area contributed by atoms with Crippen LogP contribution < -0.4 is 0 Å². The maximum absolute atomic E-state index is 5.94. The second-order valence-corrected chi connectivity index (χ2v) is 9.94. The molecule has 3 heteroatoms. The van der Waals surface area contributed by atoms with Crippen LogP contribution in [0.3, 0.4) is 0 Å². The molecule has 18 heavy (non-hydrogen) atoms. The number of hydrogen-bond donors (Lipinski definition) is 0. The molecule has 0 amide bonds. The fourth-order valence-electron chi connectivity index (χ4n) is 2.01. The third-order valence-corrected chi connectivity index (χ3v) is 8.13. The third kappa shape index (κ3) is 3.67. The zero-order valence-corrected chi connectivity index (χ0v) is 13.3. The van der Waals surface area contributed by atoms with Crippen LogP contribution in [0.25, 0.3) is 0 Å². The van der Waals surface area contributed by atoms with Gasteiger partial charge >= 0.3 is 0 Å². The van der Waals surface area contributed by atoms with Crippen LogP contribution in [0.15, 0.2) is 30.3 Å². The standard InChI is InChI=1S/C15H26O2Si/c1-6-18(7-2,8-3)17-16-15(4,5)14-12-10-9-11-13-14/h9-13H,6-8H2,1-5H3. The minimum Gasteiger partial charge on any atom is -0.285 e. The lowest BCUT2D eigenvalue weighted by Gasteiger charge is -2.32. The molecule has 1 rings (SSSR count). The van der Waals surface area contributed by atoms with Crippen molar-refractivity contribution >= 4 is 8.32 Å². The molecule has 102 valence electrons. The van der Waals surface area contributed by atoms with Crippen molar-refractivity contribution in [2.45, 2.75) is 58.4 Å². The zero-order valence-electron chi connectivity index (χ0n) is 12.3. The van der Waals surface area contributed by atoms with E-state index in [1.165, 1.54) is 0 Å². The first-order valence-electron chi connectivity index (χ1n) is 6.92. The van der Waals surface area contributed by atoms with E-state index in [9.17, 15) is 0 Å². The molecule has 0 aliphatic rings. The molecule has 0 N–H and O–H groups in total. The maximum atomic E-state index is 5.94. The van der Waals surface area contributed by atoms with Crippen LogP contribution in [-0.4, -0.2) is 8.32 Å². The summed E-state index contributed by atoms with van der Waals surface area (Å²) in [5.74, 6) is 0. The maximum Gasteiger partial charge on any atom is 0.238 e. The first-order valence-corrected chi connectivity index (χ1v) is 9.45. The smallest absolute Gasteiger partial charge is 0.238 e. The van der Waals surface area contributed by atoms with Crippen LogP contribution in [0.5, 0.6) is 0 Å². The summed E-state index contributed by atoms with van der Waals surface area (Å²) in [6.45, 7) is 10.7. The van der Waals surface area contributed by atoms with Crippen LogP contribution in [0.2, 0.25) is 18.1 Å². The molecule has 0 fully saturated rings. The highest BCUT2D eigenvalue weighted by atomic mass is 28.4. The average molecular weight is 266 g/mol. The molecule has 0 aliphatic heterocycles. The molecule has 1 aromatic rings. The summed E-state index contributed by atoms with van der Waals surface area (Å²) in [5, 5.41) is 0. The molecule has 2 nitrogen and oxygen atoms in total. The molecule has 0 saturated heterocycles. The minimum absolute atomic E-state index is 0.390. The molecule has 0 saturated carbocycles. The lowest BCUT2D eigenvalue weighted by atomic mass is 9.99. The second kappa shape index (κ2) is 6.50. The monoisotopic (exact) mass is 266 g/mol. The van der Waals surface area contributed by atoms with E-state index in [2.05, 4.69) is 46.8 Å². The van der Waals surface area contributed by atoms with Crippen molar-refractivity contribution < 1.29 is 9.46 Å². The molecule has 0 unspecified atom stereocenters. The van der Waals surface area contributed by atoms with Gasteiger partial charge in [-0.05, 0) is 37.5 Å². The molecular formula is C15H26O2Si. The Balaban J connectivity index is 2.72. The first-order chi connectivity index (χ1) is 8.49. The van der Waals surface area contributed by atoms with E-state index in [1.807, 2.05) is 18.2 Å². The Hall–Kier alpha value is -0.643. The van der Waals surface area contributed by atoms with E-state index >= 15 is 0 Å². The van der Waals surface area contributed by atoms with E-state index in [-0.39, 0.29) is 5.60 Å². The highest BCUT2D eigenvalue weighted by Crippen LogP contribution is 2.29. The summed E-state index contributed by atoms with van der Waals surface area (Å²) in [6, 6.07) is 13.5. The van der Waals surface area contributed by atoms with Crippen molar-refractivity contribution in [1.82, 2.24) is 0 Å². The molecule has 0 heterocycles. The Morgan fingerprint density at radius 1 is 0.944 bits per heavy atom. The van der Waals surface area contributed by atoms with Gasteiger partial charge in [0.25, 0.3) is 0 Å². The van der Waals surface area contributed by atoms with Gasteiger partial charge in [-0.15, -0.1) is 0 Å². The predicted molar refractivity (Wildman–Crippen MR) is 78.8 cm³/mol. The lowest BCUT2D eigenvalue weighted by molar-refractivity contribution is -0.297. The largest absolute Gasteiger partial charge is 0.285 e. The van der Waals surface area contributed by atoms with Gasteiger partial charge in [0, 0.05) is 0 Å². The van der Waals surface area contributed by atoms with Crippen LogP contribution in [0.1, 0.15) is 40.2 Å². The number of hydrogen-bond acceptors (Lipinski definition) is 2. The summed E-state index contributed by atoms with van der Waals surface area (Å²) in [5.41, 5.74) is 0.759. The Kier molecular flexibility index (Phi) is 5.57. The fourth-order valence-corrected chi connectivity index (χ4v) is 4.25. The lowest BCUT2D eigenvalue weighted by Crippen LogP contribution is -2.39. The SMILES string of the molecule is CC[Si](CC)(CC)OOC(C)(C)c1ccccc1. The van der Waals surface area contributed by atoms with Gasteiger partial charge in [-0.3, -0.25) is 4.58 Å². The van der Waals surface area contributed by atoms with Crippen LogP contribution >= 0.6 is 0 Å². The van der Waals surface area contributed by atoms with Crippen LogP contribution in [0, 0.1) is 0 Å². The summed E-state index contributed by atoms with van der Waals surface area (Å²) < 4.78 is 5.94. The van der Waals surface area contributed by atoms with E-state index < -0.39 is 8.32 Å². The Bertz CT molecular complexity index is 337. The molecular weight excluding hydrogens is 240 g/mol. The summed E-state index contributed by atoms with van der Waals surface area (Å²) in [7, 11) is -1.68. The molecule has 0 spiro atoms. The van der Waals surface area contributed by atoms with Gasteiger partial charge in [0.2, 0.25) is 8.32 Å². The van der Waals surface area contributed by atoms with Crippen molar-refractivity contribution in [3.05, 3.63) is 35.9 Å². The van der Waals surface area contributed by atoms with Crippen molar-refractivity contribution in [3.63, 3.8) is 0 Å². The van der Waals surface area contributed by atoms with Crippen molar-refractivity contribution in [2.75, 3.05) is 0 Å². The summed E-state index contributed by atoms with van der Waals surface area (Å²) >= 11 is 0. The normalized spacial score (nSPS) is 12.7. The van der Waals surface area contributed by atoms with Gasteiger partial charge in [-0.2, -0.15) is 0 Å². The predicted octanol–water partition coefficient (Wildman–Crippen LogP) is 4.88. The molecule has 1 aromatic carbocycles. The average Bonchev–Trinajstić information content (AvgIpc) is 2.42. The number of rotatable bonds is 7. The third-order valence-electron chi connectivity index (χ3n) is 3.83. The molecule has 0 bridgehead atoms. The quantitative estimate of drug-likeness (QED) is 0.398. The Morgan fingerprint density at radius 2 is 1.44 bits per heavy atom. The van der Waals surface area contributed by atoms with Gasteiger partial charge in [-0.25, -0.2) is 4.89 Å². The van der Waals surface area contributed by atoms with Gasteiger partial charge in [0.15, 0.2) is 0 Å². The molecule has 0 atom stereocenters. The summed E-state index contributed by atoms with van der Waals surface area (Å²) in [6.07, 6.45) is 0. The highest BCUT2D eigenvalue weighted by Gasteiger charge is 2.34. The van der Waals surface area contributed by atoms with Crippen molar-refractivity contribution in [2.24, 2.45) is 0 Å². The van der Waals surface area contributed by atoms with E-state index in [1.54, 1.807) is 0 Å². The highest BCUT2D eigenvalue weighted by molar-refractivity contribution is 6.73. The van der Waals surface area contributed by atoms with Gasteiger partial charge < -0.3 is 0 Å².